The molecule has 0 saturated carbocycles. The fraction of sp³-hybridized carbons (Fsp3) is 0.125. The van der Waals surface area contributed by atoms with Crippen molar-refractivity contribution in [1.29, 1.82) is 0 Å². The van der Waals surface area contributed by atoms with E-state index in [0.717, 1.165) is 5.56 Å². The summed E-state index contributed by atoms with van der Waals surface area (Å²) in [5, 5.41) is 0. The second kappa shape index (κ2) is 22.0. The number of hydrogen-bond donors (Lipinski definition) is 3. The second-order valence-corrected chi connectivity index (χ2v) is 5.43. The third-order valence-electron chi connectivity index (χ3n) is 3.13. The second-order valence-electron chi connectivity index (χ2n) is 5.43. The quantitative estimate of drug-likeness (QED) is 0.353. The van der Waals surface area contributed by atoms with E-state index in [0.29, 0.717) is 11.3 Å². The molecule has 168 valence electrons. The molecule has 0 bridgehead atoms. The van der Waals surface area contributed by atoms with Gasteiger partial charge in [-0.3, -0.25) is 15.7 Å². The maximum atomic E-state index is 10.9. The van der Waals surface area contributed by atoms with Gasteiger partial charge < -0.3 is 61.8 Å². The minimum Gasteiger partial charge on any atom is -0.435 e. The molecule has 9 heteroatoms. The smallest absolute Gasteiger partial charge is 0.435 e. The third kappa shape index (κ3) is 16.4. The predicted octanol–water partition coefficient (Wildman–Crippen LogP) is 3.03. The Morgan fingerprint density at radius 2 is 1.45 bits per heavy atom. The van der Waals surface area contributed by atoms with Crippen molar-refractivity contribution in [3.05, 3.63) is 121 Å². The van der Waals surface area contributed by atoms with Crippen molar-refractivity contribution in [1.82, 2.24) is 15.0 Å². The molecule has 33 heavy (non-hydrogen) atoms. The Morgan fingerprint density at radius 1 is 0.788 bits per heavy atom. The molecule has 3 aromatic rings. The zero-order valence-electron chi connectivity index (χ0n) is 18.1. The molecule has 0 aliphatic carbocycles. The summed E-state index contributed by atoms with van der Waals surface area (Å²) in [4.78, 5) is 39.7. The average Bonchev–Trinajstić information content (AvgIpc) is 2.72. The first kappa shape index (κ1) is 35.7. The Morgan fingerprint density at radius 3 is 2.00 bits per heavy atom. The van der Waals surface area contributed by atoms with E-state index >= 15 is 0 Å². The van der Waals surface area contributed by atoms with Gasteiger partial charge >= 0.3 is 63.2 Å². The van der Waals surface area contributed by atoms with E-state index in [4.69, 9.17) is 0 Å². The van der Waals surface area contributed by atoms with Crippen LogP contribution in [0.15, 0.2) is 51.0 Å². The summed E-state index contributed by atoms with van der Waals surface area (Å²) in [7, 11) is 0. The summed E-state index contributed by atoms with van der Waals surface area (Å²) >= 11 is 0. The number of H-pyrrole nitrogens is 3. The molecule has 0 aliphatic rings. The van der Waals surface area contributed by atoms with Crippen LogP contribution < -0.4 is 16.7 Å². The molecule has 0 fully saturated rings. The molecule has 0 saturated heterocycles. The van der Waals surface area contributed by atoms with Crippen LogP contribution in [0.2, 0.25) is 0 Å². The number of nitrogens with one attached hydrogen (secondary N) is 3. The van der Waals surface area contributed by atoms with Gasteiger partial charge in [-0.15, -0.1) is 26.8 Å². The normalized spacial score (nSPS) is 9.55. The zero-order chi connectivity index (χ0) is 22.2. The van der Waals surface area contributed by atoms with E-state index in [2.05, 4.69) is 51.4 Å². The van der Waals surface area contributed by atoms with Crippen molar-refractivity contribution in [3.63, 3.8) is 0 Å². The molecule has 0 atom stereocenters. The van der Waals surface area contributed by atoms with E-state index in [1.807, 2.05) is 0 Å². The molecule has 3 rings (SSSR count). The summed E-state index contributed by atoms with van der Waals surface area (Å²) in [6.45, 7) is 5.27. The van der Waals surface area contributed by atoms with E-state index in [1.165, 1.54) is 6.07 Å². The number of hydrogen-bond acceptors (Lipinski definition) is 3. The molecule has 0 amide bonds. The molecule has 0 radical (unpaired) electrons. The van der Waals surface area contributed by atoms with E-state index < -0.39 is 0 Å². The fourth-order valence-electron chi connectivity index (χ4n) is 1.94. The number of pyridine rings is 3. The third-order valence-corrected chi connectivity index (χ3v) is 3.13. The van der Waals surface area contributed by atoms with Gasteiger partial charge in [-0.1, -0.05) is 18.5 Å². The van der Waals surface area contributed by atoms with Crippen LogP contribution >= 0.6 is 0 Å². The summed E-state index contributed by atoms with van der Waals surface area (Å²) in [5.41, 5.74) is 1.49. The van der Waals surface area contributed by atoms with Gasteiger partial charge in [0.1, 0.15) is 0 Å². The molecule has 6 nitrogen and oxygen atoms in total. The molecule has 0 spiro atoms. The Hall–Kier alpha value is -1.87. The van der Waals surface area contributed by atoms with Crippen molar-refractivity contribution < 1.29 is 63.2 Å². The van der Waals surface area contributed by atoms with Crippen LogP contribution in [0.5, 0.6) is 0 Å². The first-order chi connectivity index (χ1) is 14.5. The molecule has 0 unspecified atom stereocenters. The van der Waals surface area contributed by atoms with Crippen LogP contribution in [0, 0.1) is 36.4 Å². The number of aromatic amines is 3. The van der Waals surface area contributed by atoms with Gasteiger partial charge in [0.05, 0.1) is 5.56 Å². The van der Waals surface area contributed by atoms with E-state index in [1.54, 1.807) is 69.6 Å². The van der Waals surface area contributed by atoms with Gasteiger partial charge in [0.15, 0.2) is 11.1 Å². The maximum absolute atomic E-state index is 10.9. The summed E-state index contributed by atoms with van der Waals surface area (Å²) in [6, 6.07) is 14.6. The largest absolute Gasteiger partial charge is 2.00 e. The Kier molecular flexibility index (Phi) is 23.8. The van der Waals surface area contributed by atoms with Gasteiger partial charge in [0.2, 0.25) is 0 Å². The standard InChI is InChI=1S/3C8H7NO.3W/c1-2-4-7-5-3-6-9-8(7)10;1-2-4-7-5-3-6-8(10)9-7;1-2-3-7-4-5-9-8(10)6-7;;;/h2*3-4,6H,1H3,(H,9,10);3-5H,1H3,(H,9,10);;;/q3*-2;3*+2. The van der Waals surface area contributed by atoms with Gasteiger partial charge in [-0.2, -0.15) is 6.07 Å². The average molecular weight is 951 g/mol. The summed E-state index contributed by atoms with van der Waals surface area (Å²) in [5.74, 6) is 0. The Labute approximate surface area is 236 Å². The van der Waals surface area contributed by atoms with Crippen molar-refractivity contribution in [2.45, 2.75) is 20.8 Å². The van der Waals surface area contributed by atoms with Crippen LogP contribution in [0.25, 0.3) is 18.2 Å². The molecule has 3 aromatic heterocycles. The monoisotopic (exact) mass is 951 g/mol. The summed E-state index contributed by atoms with van der Waals surface area (Å²) < 4.78 is 0. The van der Waals surface area contributed by atoms with Gasteiger partial charge in [0, 0.05) is 0 Å². The zero-order valence-corrected chi connectivity index (χ0v) is 26.9. The van der Waals surface area contributed by atoms with Crippen molar-refractivity contribution in [2.75, 3.05) is 0 Å². The van der Waals surface area contributed by atoms with Crippen LogP contribution in [-0.4, -0.2) is 15.0 Å². The Bertz CT molecular complexity index is 1100. The number of allylic oxidation sites excluding steroid dienone is 3. The maximum Gasteiger partial charge on any atom is 2.00 e. The minimum atomic E-state index is -0.205. The predicted molar refractivity (Wildman–Crippen MR) is 118 cm³/mol. The molecule has 3 heterocycles. The number of aromatic nitrogens is 3. The topological polar surface area (TPSA) is 98.6 Å². The molecular weight excluding hydrogens is 930 g/mol. The van der Waals surface area contributed by atoms with E-state index in [-0.39, 0.29) is 79.9 Å². The van der Waals surface area contributed by atoms with E-state index in [9.17, 15) is 14.4 Å². The van der Waals surface area contributed by atoms with Gasteiger partial charge in [0.25, 0.3) is 0 Å². The molecular formula is C24H21N3O3W3. The number of rotatable bonds is 3. The molecule has 0 aromatic carbocycles. The fourth-order valence-corrected chi connectivity index (χ4v) is 1.94. The van der Waals surface area contributed by atoms with Crippen molar-refractivity contribution >= 4 is 18.2 Å². The first-order valence-electron chi connectivity index (χ1n) is 8.83. The molecule has 3 N–H and O–H groups in total. The van der Waals surface area contributed by atoms with Crippen LogP contribution in [0.3, 0.4) is 0 Å². The van der Waals surface area contributed by atoms with Crippen LogP contribution in [-0.2, 0) is 63.2 Å². The van der Waals surface area contributed by atoms with Gasteiger partial charge in [-0.25, -0.2) is 29.5 Å². The Balaban J connectivity index is -0.000000391. The van der Waals surface area contributed by atoms with Gasteiger partial charge in [-0.05, 0) is 0 Å². The van der Waals surface area contributed by atoms with Crippen LogP contribution in [0.4, 0.5) is 0 Å². The van der Waals surface area contributed by atoms with Crippen LogP contribution in [0.1, 0.15) is 37.6 Å². The SMILES string of the molecule is C[C-]=Cc1[c-]c(=O)[nH]cc1.C[C-]=Cc1[c-]cc[nH]c1=O.C[C-]=Cc1[c-]ccc(=O)[nH]1.[W+2].[W+2].[W+2]. The molecule has 0 aliphatic heterocycles. The van der Waals surface area contributed by atoms with Crippen molar-refractivity contribution in [3.8, 4) is 0 Å². The summed E-state index contributed by atoms with van der Waals surface area (Å²) in [6.07, 6.45) is 16.4. The minimum absolute atomic E-state index is 0. The first-order valence-corrected chi connectivity index (χ1v) is 8.83. The van der Waals surface area contributed by atoms with Crippen molar-refractivity contribution in [2.24, 2.45) is 0 Å².